The number of hydrogen-bond acceptors (Lipinski definition) is 5. The number of ether oxygens (including phenoxy) is 3. The fraction of sp³-hybridized carbons (Fsp3) is 0.483. The molecule has 3 heterocycles. The van der Waals surface area contributed by atoms with Gasteiger partial charge in [0, 0.05) is 49.4 Å². The molecule has 5 rings (SSSR count). The lowest BCUT2D eigenvalue weighted by Crippen LogP contribution is -2.53. The lowest BCUT2D eigenvalue weighted by atomic mass is 9.82. The fourth-order valence-electron chi connectivity index (χ4n) is 6.45. The smallest absolute Gasteiger partial charge is 0.497 e. The first-order valence-electron chi connectivity index (χ1n) is 13.3. The third kappa shape index (κ3) is 4.95. The van der Waals surface area contributed by atoms with Crippen LogP contribution >= 0.6 is 0 Å². The molecular formula is C29H33F4N3O4. The average Bonchev–Trinajstić information content (AvgIpc) is 3.01. The number of methoxy groups -OCH3 is 2. The second-order valence-electron chi connectivity index (χ2n) is 10.5. The Morgan fingerprint density at radius 1 is 1.05 bits per heavy atom. The summed E-state index contributed by atoms with van der Waals surface area (Å²) < 4.78 is 67.0. The number of piperidine rings is 1. The van der Waals surface area contributed by atoms with Gasteiger partial charge in [0.15, 0.2) is 11.6 Å². The molecule has 0 bridgehead atoms. The van der Waals surface area contributed by atoms with Crippen molar-refractivity contribution in [1.82, 2.24) is 14.7 Å². The first kappa shape index (κ1) is 28.1. The quantitative estimate of drug-likeness (QED) is 0.402. The van der Waals surface area contributed by atoms with Crippen LogP contribution in [0.15, 0.2) is 42.1 Å². The van der Waals surface area contributed by atoms with E-state index in [1.54, 1.807) is 14.2 Å². The molecule has 2 saturated heterocycles. The molecule has 0 N–H and O–H groups in total. The third-order valence-corrected chi connectivity index (χ3v) is 8.22. The molecule has 2 aromatic rings. The minimum absolute atomic E-state index is 0.0124. The molecular weight excluding hydrogens is 530 g/mol. The van der Waals surface area contributed by atoms with Crippen LogP contribution in [0.2, 0.25) is 0 Å². The van der Waals surface area contributed by atoms with Gasteiger partial charge in [0.1, 0.15) is 11.5 Å². The van der Waals surface area contributed by atoms with Crippen molar-refractivity contribution in [2.45, 2.75) is 57.6 Å². The number of halogens is 4. The van der Waals surface area contributed by atoms with E-state index in [1.807, 2.05) is 28.9 Å². The Hall–Kier alpha value is -3.47. The minimum atomic E-state index is -4.97. The Morgan fingerprint density at radius 2 is 1.77 bits per heavy atom. The number of rotatable bonds is 6. The maximum absolute atomic E-state index is 13.9. The first-order valence-corrected chi connectivity index (χ1v) is 13.3. The molecule has 1 spiro atoms. The van der Waals surface area contributed by atoms with Crippen molar-refractivity contribution in [3.63, 3.8) is 0 Å². The van der Waals surface area contributed by atoms with E-state index in [2.05, 4.69) is 22.6 Å². The standard InChI is InChI=1S/C29H33F4N3O4/c1-5-36-27(37)35-17-20-14-21(38-3)15-24(39-4)26(20)18(2)12-25(35)28(36)8-10-34(11-9-28)16-19-6-7-22(30)23(13-19)40-29(31,32)33/h6-7,12-15,18H,5,8-11,16-17H2,1-4H3/t18-/m0/s1. The zero-order valence-electron chi connectivity index (χ0n) is 23.0. The first-order chi connectivity index (χ1) is 19.0. The number of likely N-dealkylation sites (N-methyl/N-ethyl adjacent to an activating group) is 1. The Balaban J connectivity index is 1.40. The van der Waals surface area contributed by atoms with Gasteiger partial charge in [0.2, 0.25) is 0 Å². The van der Waals surface area contributed by atoms with Gasteiger partial charge in [-0.05, 0) is 49.1 Å². The highest BCUT2D eigenvalue weighted by Crippen LogP contribution is 2.49. The summed E-state index contributed by atoms with van der Waals surface area (Å²) in [6.07, 6.45) is -1.48. The van der Waals surface area contributed by atoms with Crippen LogP contribution in [0.5, 0.6) is 17.2 Å². The van der Waals surface area contributed by atoms with E-state index in [0.717, 1.165) is 34.7 Å². The van der Waals surface area contributed by atoms with E-state index >= 15 is 0 Å². The molecule has 2 amide bonds. The maximum atomic E-state index is 13.9. The minimum Gasteiger partial charge on any atom is -0.497 e. The lowest BCUT2D eigenvalue weighted by Gasteiger charge is -2.44. The van der Waals surface area contributed by atoms with Crippen LogP contribution in [-0.2, 0) is 13.1 Å². The van der Waals surface area contributed by atoms with Crippen molar-refractivity contribution in [1.29, 1.82) is 0 Å². The van der Waals surface area contributed by atoms with Gasteiger partial charge >= 0.3 is 12.4 Å². The number of alkyl halides is 3. The van der Waals surface area contributed by atoms with Crippen molar-refractivity contribution < 1.29 is 36.6 Å². The molecule has 0 saturated carbocycles. The summed E-state index contributed by atoms with van der Waals surface area (Å²) in [4.78, 5) is 19.7. The van der Waals surface area contributed by atoms with E-state index in [0.29, 0.717) is 56.9 Å². The molecule has 0 aliphatic carbocycles. The molecule has 0 radical (unpaired) electrons. The average molecular weight is 564 g/mol. The number of urea groups is 1. The number of carbonyl (C=O) groups excluding carboxylic acids is 1. The van der Waals surface area contributed by atoms with Gasteiger partial charge in [0.05, 0.1) is 26.3 Å². The van der Waals surface area contributed by atoms with Crippen LogP contribution in [0, 0.1) is 5.82 Å². The van der Waals surface area contributed by atoms with E-state index in [1.165, 1.54) is 6.07 Å². The SMILES string of the molecule is CCN1C(=O)N2Cc3cc(OC)cc(OC)c3[C@@H](C)C=C2C12CCN(Cc1ccc(F)c(OC(F)(F)F)c1)CC2. The van der Waals surface area contributed by atoms with E-state index in [-0.39, 0.29) is 11.9 Å². The number of amides is 2. The molecule has 0 aromatic heterocycles. The van der Waals surface area contributed by atoms with Crippen LogP contribution in [0.3, 0.4) is 0 Å². The van der Waals surface area contributed by atoms with Gasteiger partial charge in [-0.2, -0.15) is 0 Å². The molecule has 216 valence electrons. The second-order valence-corrected chi connectivity index (χ2v) is 10.5. The summed E-state index contributed by atoms with van der Waals surface area (Å²) in [7, 11) is 3.23. The van der Waals surface area contributed by atoms with Crippen LogP contribution in [0.25, 0.3) is 0 Å². The lowest BCUT2D eigenvalue weighted by molar-refractivity contribution is -0.275. The molecule has 40 heavy (non-hydrogen) atoms. The number of likely N-dealkylation sites (tertiary alicyclic amines) is 1. The molecule has 3 aliphatic rings. The van der Waals surface area contributed by atoms with E-state index in [9.17, 15) is 22.4 Å². The summed E-state index contributed by atoms with van der Waals surface area (Å²) in [6, 6.07) is 7.34. The zero-order valence-corrected chi connectivity index (χ0v) is 23.0. The normalized spacial score (nSPS) is 20.6. The van der Waals surface area contributed by atoms with Crippen LogP contribution in [0.4, 0.5) is 22.4 Å². The van der Waals surface area contributed by atoms with Gasteiger partial charge in [0.25, 0.3) is 0 Å². The Labute approximate surface area is 230 Å². The number of allylic oxidation sites excluding steroid dienone is 1. The number of hydrogen-bond donors (Lipinski definition) is 0. The van der Waals surface area contributed by atoms with Gasteiger partial charge in [-0.15, -0.1) is 13.2 Å². The Kier molecular flexibility index (Phi) is 7.37. The maximum Gasteiger partial charge on any atom is 0.573 e. The van der Waals surface area contributed by atoms with Crippen LogP contribution < -0.4 is 14.2 Å². The molecule has 7 nitrogen and oxygen atoms in total. The van der Waals surface area contributed by atoms with Gasteiger partial charge in [-0.25, -0.2) is 9.18 Å². The highest BCUT2D eigenvalue weighted by Gasteiger charge is 2.54. The second kappa shape index (κ2) is 10.5. The van der Waals surface area contributed by atoms with Crippen molar-refractivity contribution in [2.24, 2.45) is 0 Å². The van der Waals surface area contributed by atoms with Crippen molar-refractivity contribution >= 4 is 6.03 Å². The van der Waals surface area contributed by atoms with Crippen molar-refractivity contribution in [3.05, 3.63) is 64.6 Å². The van der Waals surface area contributed by atoms with E-state index in [4.69, 9.17) is 9.47 Å². The summed E-state index contributed by atoms with van der Waals surface area (Å²) in [6.45, 7) is 6.58. The monoisotopic (exact) mass is 563 g/mol. The summed E-state index contributed by atoms with van der Waals surface area (Å²) >= 11 is 0. The van der Waals surface area contributed by atoms with Crippen molar-refractivity contribution in [3.8, 4) is 17.2 Å². The van der Waals surface area contributed by atoms with E-state index < -0.39 is 23.5 Å². The summed E-state index contributed by atoms with van der Waals surface area (Å²) in [5, 5.41) is 0. The number of nitrogens with zero attached hydrogens (tertiary/aromatic N) is 3. The largest absolute Gasteiger partial charge is 0.573 e. The molecule has 2 fully saturated rings. The Bertz CT molecular complexity index is 1320. The van der Waals surface area contributed by atoms with Crippen LogP contribution in [0.1, 0.15) is 49.3 Å². The van der Waals surface area contributed by atoms with Gasteiger partial charge in [-0.1, -0.05) is 19.1 Å². The molecule has 11 heteroatoms. The molecule has 0 unspecified atom stereocenters. The van der Waals surface area contributed by atoms with Gasteiger partial charge in [-0.3, -0.25) is 9.80 Å². The third-order valence-electron chi connectivity index (χ3n) is 8.22. The predicted molar refractivity (Wildman–Crippen MR) is 140 cm³/mol. The highest BCUT2D eigenvalue weighted by atomic mass is 19.4. The number of carbonyl (C=O) groups is 1. The Morgan fingerprint density at radius 3 is 2.40 bits per heavy atom. The molecule has 3 aliphatic heterocycles. The van der Waals surface area contributed by atoms with Crippen LogP contribution in [-0.4, -0.2) is 66.5 Å². The summed E-state index contributed by atoms with van der Waals surface area (Å²) in [5.41, 5.74) is 3.01. The fourth-order valence-corrected chi connectivity index (χ4v) is 6.45. The zero-order chi connectivity index (χ0) is 28.8. The highest BCUT2D eigenvalue weighted by molar-refractivity contribution is 5.83. The predicted octanol–water partition coefficient (Wildman–Crippen LogP) is 6.03. The number of fused-ring (bicyclic) bond motifs is 3. The van der Waals surface area contributed by atoms with Crippen molar-refractivity contribution in [2.75, 3.05) is 33.9 Å². The molecule has 1 atom stereocenters. The van der Waals surface area contributed by atoms with Gasteiger partial charge < -0.3 is 19.1 Å². The summed E-state index contributed by atoms with van der Waals surface area (Å²) in [5.74, 6) is -0.528. The topological polar surface area (TPSA) is 54.5 Å². The molecule has 2 aromatic carbocycles. The number of benzene rings is 2.